The van der Waals surface area contributed by atoms with E-state index in [2.05, 4.69) is 6.07 Å². The third kappa shape index (κ3) is 4.46. The highest BCUT2D eigenvalue weighted by atomic mass is 32.1. The lowest BCUT2D eigenvalue weighted by molar-refractivity contribution is 0.0661. The first-order valence-electron chi connectivity index (χ1n) is 11.5. The van der Waals surface area contributed by atoms with E-state index in [1.165, 1.54) is 0 Å². The number of aliphatic hydroxyl groups excluding tert-OH is 1. The third-order valence-electron chi connectivity index (χ3n) is 6.58. The molecule has 1 aliphatic carbocycles. The summed E-state index contributed by atoms with van der Waals surface area (Å²) in [4.78, 5) is 3.96. The van der Waals surface area contributed by atoms with Crippen LogP contribution >= 0.6 is 22.7 Å². The summed E-state index contributed by atoms with van der Waals surface area (Å²) in [6, 6.07) is 19.4. The zero-order valence-electron chi connectivity index (χ0n) is 19.8. The summed E-state index contributed by atoms with van der Waals surface area (Å²) in [6.45, 7) is 3.94. The molecule has 0 spiro atoms. The van der Waals surface area contributed by atoms with Gasteiger partial charge in [0.05, 0.1) is 13.7 Å². The maximum Gasteiger partial charge on any atom is 0.274 e. The Kier molecular flexibility index (Phi) is 6.38. The minimum absolute atomic E-state index is 0.00116. The summed E-state index contributed by atoms with van der Waals surface area (Å²) in [5.41, 5.74) is 5.37. The molecule has 6 heteroatoms. The van der Waals surface area contributed by atoms with Crippen LogP contribution in [-0.4, -0.2) is 18.1 Å². The molecule has 0 atom stereocenters. The number of aryl methyl sites for hydroxylation is 2. The SMILES string of the molecule is COc1ccc(-c2cc(C3=C(c4cc(-c5ccc(CO)cc5)sc4C)CCC3(F)F)c(C)s2)cc1. The Morgan fingerprint density at radius 2 is 1.40 bits per heavy atom. The van der Waals surface area contributed by atoms with E-state index >= 15 is 8.78 Å². The van der Waals surface area contributed by atoms with Crippen molar-refractivity contribution in [2.24, 2.45) is 0 Å². The third-order valence-corrected chi connectivity index (χ3v) is 8.78. The number of hydrogen-bond acceptors (Lipinski definition) is 4. The number of halogens is 2. The summed E-state index contributed by atoms with van der Waals surface area (Å²) >= 11 is 3.17. The highest BCUT2D eigenvalue weighted by molar-refractivity contribution is 7.16. The summed E-state index contributed by atoms with van der Waals surface area (Å²) in [5.74, 6) is -2.10. The van der Waals surface area contributed by atoms with E-state index in [1.54, 1.807) is 29.8 Å². The molecule has 0 radical (unpaired) electrons. The van der Waals surface area contributed by atoms with Crippen LogP contribution < -0.4 is 4.74 Å². The Morgan fingerprint density at radius 3 is 1.97 bits per heavy atom. The van der Waals surface area contributed by atoms with E-state index in [0.717, 1.165) is 53.1 Å². The minimum Gasteiger partial charge on any atom is -0.497 e. The molecule has 4 aromatic rings. The number of benzene rings is 2. The molecular formula is C29H26F2O2S2. The summed E-state index contributed by atoms with van der Waals surface area (Å²) < 4.78 is 36.0. The first-order valence-corrected chi connectivity index (χ1v) is 13.1. The monoisotopic (exact) mass is 508 g/mol. The van der Waals surface area contributed by atoms with Gasteiger partial charge in [-0.1, -0.05) is 24.3 Å². The number of methoxy groups -OCH3 is 1. The molecule has 0 fully saturated rings. The van der Waals surface area contributed by atoms with Crippen LogP contribution in [-0.2, 0) is 6.61 Å². The maximum atomic E-state index is 15.4. The van der Waals surface area contributed by atoms with Crippen molar-refractivity contribution in [1.82, 2.24) is 0 Å². The van der Waals surface area contributed by atoms with E-state index in [-0.39, 0.29) is 18.6 Å². The minimum atomic E-state index is -2.87. The van der Waals surface area contributed by atoms with Crippen molar-refractivity contribution in [2.45, 2.75) is 39.2 Å². The van der Waals surface area contributed by atoms with Gasteiger partial charge in [-0.2, -0.15) is 0 Å². The normalized spacial score (nSPS) is 15.1. The zero-order valence-corrected chi connectivity index (χ0v) is 21.5. The second-order valence-corrected chi connectivity index (χ2v) is 11.3. The van der Waals surface area contributed by atoms with Crippen molar-refractivity contribution in [2.75, 3.05) is 7.11 Å². The molecule has 5 rings (SSSR count). The predicted octanol–water partition coefficient (Wildman–Crippen LogP) is 8.60. The van der Waals surface area contributed by atoms with Crippen LogP contribution in [0.25, 0.3) is 32.0 Å². The van der Waals surface area contributed by atoms with Crippen LogP contribution in [0.3, 0.4) is 0 Å². The Bertz CT molecular complexity index is 1390. The molecule has 2 aromatic heterocycles. The lowest BCUT2D eigenvalue weighted by Gasteiger charge is -2.15. The molecule has 0 amide bonds. The van der Waals surface area contributed by atoms with Gasteiger partial charge < -0.3 is 9.84 Å². The van der Waals surface area contributed by atoms with Crippen molar-refractivity contribution < 1.29 is 18.6 Å². The Hall–Kier alpha value is -2.80. The molecule has 2 aromatic carbocycles. The molecule has 0 unspecified atom stereocenters. The second-order valence-electron chi connectivity index (χ2n) is 8.80. The molecule has 2 nitrogen and oxygen atoms in total. The van der Waals surface area contributed by atoms with Gasteiger partial charge in [-0.15, -0.1) is 22.7 Å². The quantitative estimate of drug-likeness (QED) is 0.283. The molecular weight excluding hydrogens is 482 g/mol. The smallest absolute Gasteiger partial charge is 0.274 e. The van der Waals surface area contributed by atoms with Gasteiger partial charge in [0.25, 0.3) is 5.92 Å². The first kappa shape index (κ1) is 23.9. The average molecular weight is 509 g/mol. The summed E-state index contributed by atoms with van der Waals surface area (Å²) in [7, 11) is 1.63. The van der Waals surface area contributed by atoms with Crippen molar-refractivity contribution >= 4 is 33.8 Å². The fourth-order valence-corrected chi connectivity index (χ4v) is 6.79. The maximum absolute atomic E-state index is 15.4. The molecule has 180 valence electrons. The molecule has 1 N–H and O–H groups in total. The van der Waals surface area contributed by atoms with E-state index < -0.39 is 5.92 Å². The Morgan fingerprint density at radius 1 is 0.857 bits per heavy atom. The van der Waals surface area contributed by atoms with E-state index in [9.17, 15) is 5.11 Å². The summed E-state index contributed by atoms with van der Waals surface area (Å²) in [6.07, 6.45) is 0.191. The van der Waals surface area contributed by atoms with E-state index in [0.29, 0.717) is 12.0 Å². The molecule has 1 aliphatic rings. The van der Waals surface area contributed by atoms with E-state index in [1.807, 2.05) is 68.4 Å². The molecule has 2 heterocycles. The van der Waals surface area contributed by atoms with E-state index in [4.69, 9.17) is 4.74 Å². The fourth-order valence-electron chi connectivity index (χ4n) is 4.71. The molecule has 0 bridgehead atoms. The number of alkyl halides is 2. The molecule has 0 aliphatic heterocycles. The van der Waals surface area contributed by atoms with Crippen LogP contribution in [0.4, 0.5) is 8.78 Å². The lowest BCUT2D eigenvalue weighted by Crippen LogP contribution is -2.13. The number of ether oxygens (including phenoxy) is 1. The van der Waals surface area contributed by atoms with Gasteiger partial charge in [0.15, 0.2) is 0 Å². The number of allylic oxidation sites excluding steroid dienone is 2. The first-order chi connectivity index (χ1) is 16.8. The molecule has 35 heavy (non-hydrogen) atoms. The highest BCUT2D eigenvalue weighted by Gasteiger charge is 2.44. The van der Waals surface area contributed by atoms with Crippen molar-refractivity contribution in [3.8, 4) is 26.6 Å². The molecule has 0 saturated heterocycles. The van der Waals surface area contributed by atoms with Crippen molar-refractivity contribution in [3.05, 3.63) is 87.1 Å². The van der Waals surface area contributed by atoms with Gasteiger partial charge in [0, 0.05) is 31.5 Å². The van der Waals surface area contributed by atoms with Crippen LogP contribution in [0.1, 0.15) is 39.3 Å². The van der Waals surface area contributed by atoms with Gasteiger partial charge in [0.1, 0.15) is 5.75 Å². The predicted molar refractivity (Wildman–Crippen MR) is 142 cm³/mol. The van der Waals surface area contributed by atoms with Gasteiger partial charge >= 0.3 is 0 Å². The molecule has 0 saturated carbocycles. The largest absolute Gasteiger partial charge is 0.497 e. The Labute approximate surface area is 212 Å². The standard InChI is InChI=1S/C29H26F2O2S2/c1-17-24(14-26(34-17)20-6-4-19(16-32)5-7-20)23-12-13-29(30,31)28(23)25-15-27(35-18(25)2)21-8-10-22(33-3)11-9-21/h4-11,14-15,32H,12-13,16H2,1-3H3. The van der Waals surface area contributed by atoms with Gasteiger partial charge in [-0.3, -0.25) is 0 Å². The number of thiophene rings is 2. The fraction of sp³-hybridized carbons (Fsp3) is 0.241. The summed E-state index contributed by atoms with van der Waals surface area (Å²) in [5, 5.41) is 9.32. The second kappa shape index (κ2) is 9.34. The van der Waals surface area contributed by atoms with Crippen LogP contribution in [0.15, 0.2) is 60.7 Å². The van der Waals surface area contributed by atoms with Crippen LogP contribution in [0.5, 0.6) is 5.75 Å². The number of rotatable bonds is 6. The van der Waals surface area contributed by atoms with Gasteiger partial charge in [-0.05, 0) is 90.1 Å². The number of aliphatic hydroxyl groups is 1. The van der Waals surface area contributed by atoms with Crippen LogP contribution in [0, 0.1) is 13.8 Å². The Balaban J connectivity index is 1.58. The number of hydrogen-bond donors (Lipinski definition) is 1. The highest BCUT2D eigenvalue weighted by Crippen LogP contribution is 2.53. The zero-order chi connectivity index (χ0) is 24.7. The van der Waals surface area contributed by atoms with Crippen LogP contribution in [0.2, 0.25) is 0 Å². The van der Waals surface area contributed by atoms with Crippen molar-refractivity contribution in [3.63, 3.8) is 0 Å². The average Bonchev–Trinajstić information content (AvgIpc) is 3.52. The van der Waals surface area contributed by atoms with Gasteiger partial charge in [0.2, 0.25) is 0 Å². The van der Waals surface area contributed by atoms with Crippen molar-refractivity contribution in [1.29, 1.82) is 0 Å². The van der Waals surface area contributed by atoms with Gasteiger partial charge in [-0.25, -0.2) is 8.78 Å². The topological polar surface area (TPSA) is 29.5 Å². The lowest BCUT2D eigenvalue weighted by atomic mass is 9.95.